The topological polar surface area (TPSA) is 80.2 Å². The van der Waals surface area contributed by atoms with Crippen molar-refractivity contribution in [2.45, 2.75) is 20.8 Å². The van der Waals surface area contributed by atoms with E-state index in [-0.39, 0.29) is 23.7 Å². The number of nitrogens with one attached hydrogen (secondary N) is 1. The smallest absolute Gasteiger partial charge is 0.325 e. The van der Waals surface area contributed by atoms with Crippen molar-refractivity contribution >= 4 is 29.5 Å². The van der Waals surface area contributed by atoms with E-state index in [9.17, 15) is 4.79 Å². The highest BCUT2D eigenvalue weighted by atomic mass is 35.5. The van der Waals surface area contributed by atoms with Gasteiger partial charge >= 0.3 is 5.97 Å². The predicted molar refractivity (Wildman–Crippen MR) is 73.5 cm³/mol. The maximum absolute atomic E-state index is 11.2. The number of halogens is 1. The molecule has 8 heteroatoms. The summed E-state index contributed by atoms with van der Waals surface area (Å²) >= 11 is 5.84. The van der Waals surface area contributed by atoms with Gasteiger partial charge in [-0.2, -0.15) is 15.0 Å². The van der Waals surface area contributed by atoms with Crippen molar-refractivity contribution in [1.29, 1.82) is 0 Å². The van der Waals surface area contributed by atoms with E-state index < -0.39 is 0 Å². The Labute approximate surface area is 117 Å². The lowest BCUT2D eigenvalue weighted by Crippen LogP contribution is -2.25. The molecule has 1 rings (SSSR count). The van der Waals surface area contributed by atoms with E-state index in [0.717, 1.165) is 13.1 Å². The molecule has 0 radical (unpaired) electrons. The Morgan fingerprint density at radius 2 is 1.95 bits per heavy atom. The van der Waals surface area contributed by atoms with Crippen LogP contribution in [0.3, 0.4) is 0 Å². The summed E-state index contributed by atoms with van der Waals surface area (Å²) in [6.45, 7) is 7.58. The van der Waals surface area contributed by atoms with Crippen LogP contribution in [-0.4, -0.2) is 47.2 Å². The summed E-state index contributed by atoms with van der Waals surface area (Å²) in [7, 11) is 0. The number of ether oxygens (including phenoxy) is 1. The number of nitrogens with zero attached hydrogens (tertiary/aromatic N) is 4. The minimum absolute atomic E-state index is 0.00806. The van der Waals surface area contributed by atoms with Crippen LogP contribution in [0.1, 0.15) is 20.8 Å². The van der Waals surface area contributed by atoms with Crippen molar-refractivity contribution in [2.24, 2.45) is 0 Å². The molecule has 0 saturated carbocycles. The molecule has 106 valence electrons. The molecule has 0 aliphatic heterocycles. The van der Waals surface area contributed by atoms with Crippen molar-refractivity contribution in [2.75, 3.05) is 36.5 Å². The van der Waals surface area contributed by atoms with Gasteiger partial charge in [-0.25, -0.2) is 0 Å². The zero-order valence-electron chi connectivity index (χ0n) is 11.3. The minimum atomic E-state index is -0.372. The summed E-state index contributed by atoms with van der Waals surface area (Å²) < 4.78 is 4.80. The second kappa shape index (κ2) is 7.73. The Morgan fingerprint density at radius 1 is 1.26 bits per heavy atom. The zero-order chi connectivity index (χ0) is 14.3. The highest BCUT2D eigenvalue weighted by Gasteiger charge is 2.11. The van der Waals surface area contributed by atoms with Crippen molar-refractivity contribution in [1.82, 2.24) is 15.0 Å². The van der Waals surface area contributed by atoms with Gasteiger partial charge in [0.15, 0.2) is 0 Å². The van der Waals surface area contributed by atoms with Gasteiger partial charge in [0.1, 0.15) is 6.54 Å². The number of aromatic nitrogens is 3. The van der Waals surface area contributed by atoms with E-state index in [4.69, 9.17) is 16.3 Å². The first-order valence-corrected chi connectivity index (χ1v) is 6.54. The van der Waals surface area contributed by atoms with Gasteiger partial charge in [0.25, 0.3) is 0 Å². The van der Waals surface area contributed by atoms with Gasteiger partial charge < -0.3 is 15.0 Å². The molecule has 0 fully saturated rings. The summed E-state index contributed by atoms with van der Waals surface area (Å²) in [6, 6.07) is 0. The molecule has 0 spiro atoms. The average Bonchev–Trinajstić information content (AvgIpc) is 2.38. The number of anilines is 2. The van der Waals surface area contributed by atoms with Crippen LogP contribution in [0.5, 0.6) is 0 Å². The lowest BCUT2D eigenvalue weighted by atomic mass is 10.5. The normalized spacial score (nSPS) is 10.1. The number of carbonyl (C=O) groups excluding carboxylic acids is 1. The summed E-state index contributed by atoms with van der Waals surface area (Å²) in [4.78, 5) is 25.3. The molecule has 0 bridgehead atoms. The molecule has 1 aromatic rings. The van der Waals surface area contributed by atoms with E-state index in [1.165, 1.54) is 0 Å². The van der Waals surface area contributed by atoms with Crippen LogP contribution in [-0.2, 0) is 9.53 Å². The van der Waals surface area contributed by atoms with Crippen LogP contribution in [0.15, 0.2) is 0 Å². The third kappa shape index (κ3) is 4.86. The minimum Gasteiger partial charge on any atom is -0.465 e. The lowest BCUT2D eigenvalue weighted by Gasteiger charge is -2.18. The number of carbonyl (C=O) groups is 1. The molecule has 0 unspecified atom stereocenters. The van der Waals surface area contributed by atoms with E-state index in [2.05, 4.69) is 20.3 Å². The van der Waals surface area contributed by atoms with E-state index in [1.54, 1.807) is 6.92 Å². The van der Waals surface area contributed by atoms with Crippen LogP contribution in [0.4, 0.5) is 11.9 Å². The maximum atomic E-state index is 11.2. The Morgan fingerprint density at radius 3 is 2.53 bits per heavy atom. The number of rotatable bonds is 7. The van der Waals surface area contributed by atoms with Gasteiger partial charge in [0, 0.05) is 13.1 Å². The maximum Gasteiger partial charge on any atom is 0.325 e. The molecule has 1 heterocycles. The molecule has 0 aliphatic carbocycles. The first-order valence-electron chi connectivity index (χ1n) is 6.16. The van der Waals surface area contributed by atoms with Crippen LogP contribution in [0.25, 0.3) is 0 Å². The summed E-state index contributed by atoms with van der Waals surface area (Å²) in [5, 5.41) is 2.85. The van der Waals surface area contributed by atoms with E-state index in [1.807, 2.05) is 18.7 Å². The standard InChI is InChI=1S/C11H18ClN5O2/c1-4-17(5-2)11-15-9(12)14-10(16-11)13-7-8(18)19-6-3/h4-7H2,1-3H3,(H,13,14,15,16). The predicted octanol–water partition coefficient (Wildman–Crippen LogP) is 1.35. The van der Waals surface area contributed by atoms with Crippen LogP contribution in [0.2, 0.25) is 5.28 Å². The molecule has 0 atom stereocenters. The zero-order valence-corrected chi connectivity index (χ0v) is 12.1. The molecule has 0 aliphatic rings. The monoisotopic (exact) mass is 287 g/mol. The first kappa shape index (κ1) is 15.4. The van der Waals surface area contributed by atoms with Crippen molar-refractivity contribution in [3.05, 3.63) is 5.28 Å². The highest BCUT2D eigenvalue weighted by Crippen LogP contribution is 2.13. The summed E-state index contributed by atoms with van der Waals surface area (Å²) in [5.74, 6) is 0.370. The van der Waals surface area contributed by atoms with Gasteiger partial charge in [0.05, 0.1) is 6.61 Å². The number of esters is 1. The molecule has 0 aromatic carbocycles. The largest absolute Gasteiger partial charge is 0.465 e. The van der Waals surface area contributed by atoms with E-state index in [0.29, 0.717) is 12.6 Å². The average molecular weight is 288 g/mol. The molecule has 0 saturated heterocycles. The van der Waals surface area contributed by atoms with Crippen molar-refractivity contribution < 1.29 is 9.53 Å². The fourth-order valence-corrected chi connectivity index (χ4v) is 1.59. The highest BCUT2D eigenvalue weighted by molar-refractivity contribution is 6.28. The van der Waals surface area contributed by atoms with Crippen LogP contribution in [0, 0.1) is 0 Å². The van der Waals surface area contributed by atoms with Gasteiger partial charge in [-0.1, -0.05) is 0 Å². The van der Waals surface area contributed by atoms with E-state index >= 15 is 0 Å². The SMILES string of the molecule is CCOC(=O)CNc1nc(Cl)nc(N(CC)CC)n1. The molecule has 7 nitrogen and oxygen atoms in total. The lowest BCUT2D eigenvalue weighted by molar-refractivity contribution is -0.140. The van der Waals surface area contributed by atoms with Crippen LogP contribution >= 0.6 is 11.6 Å². The Bertz CT molecular complexity index is 426. The second-order valence-electron chi connectivity index (χ2n) is 3.56. The van der Waals surface area contributed by atoms with Gasteiger partial charge in [-0.3, -0.25) is 4.79 Å². The molecule has 0 amide bonds. The fourth-order valence-electron chi connectivity index (χ4n) is 1.43. The summed E-state index contributed by atoms with van der Waals surface area (Å²) in [6.07, 6.45) is 0. The van der Waals surface area contributed by atoms with Crippen molar-refractivity contribution in [3.63, 3.8) is 0 Å². The molecular formula is C11H18ClN5O2. The Kier molecular flexibility index (Phi) is 6.27. The third-order valence-corrected chi connectivity index (χ3v) is 2.51. The summed E-state index contributed by atoms with van der Waals surface area (Å²) in [5.41, 5.74) is 0. The van der Waals surface area contributed by atoms with Gasteiger partial charge in [-0.05, 0) is 32.4 Å². The number of hydrogen-bond donors (Lipinski definition) is 1. The third-order valence-electron chi connectivity index (χ3n) is 2.34. The molecule has 19 heavy (non-hydrogen) atoms. The molecule has 1 N–H and O–H groups in total. The Balaban J connectivity index is 2.76. The quantitative estimate of drug-likeness (QED) is 0.758. The van der Waals surface area contributed by atoms with Gasteiger partial charge in [-0.15, -0.1) is 0 Å². The fraction of sp³-hybridized carbons (Fsp3) is 0.636. The second-order valence-corrected chi connectivity index (χ2v) is 3.90. The molecule has 1 aromatic heterocycles. The first-order chi connectivity index (χ1) is 9.10. The number of hydrogen-bond acceptors (Lipinski definition) is 7. The Hall–Kier alpha value is -1.63. The molecular weight excluding hydrogens is 270 g/mol. The van der Waals surface area contributed by atoms with Crippen molar-refractivity contribution in [3.8, 4) is 0 Å². The van der Waals surface area contributed by atoms with Crippen LogP contribution < -0.4 is 10.2 Å². The van der Waals surface area contributed by atoms with Gasteiger partial charge in [0.2, 0.25) is 17.2 Å².